The summed E-state index contributed by atoms with van der Waals surface area (Å²) in [5, 5.41) is 12.4. The van der Waals surface area contributed by atoms with Crippen molar-refractivity contribution in [3.63, 3.8) is 0 Å². The van der Waals surface area contributed by atoms with Gasteiger partial charge in [-0.15, -0.1) is 11.3 Å². The Bertz CT molecular complexity index is 1120. The number of rotatable bonds is 5. The number of hydrogen-bond donors (Lipinski definition) is 2. The lowest BCUT2D eigenvalue weighted by Gasteiger charge is -2.18. The van der Waals surface area contributed by atoms with E-state index in [0.717, 1.165) is 41.1 Å². The number of carbonyl (C=O) groups is 1. The second-order valence-electron chi connectivity index (χ2n) is 7.68. The molecular weight excluding hydrogens is 452 g/mol. The maximum Gasteiger partial charge on any atom is 0.341 e. The number of fused-ring (bicyclic) bond motifs is 1. The van der Waals surface area contributed by atoms with Crippen LogP contribution in [0, 0.1) is 5.92 Å². The van der Waals surface area contributed by atoms with Crippen molar-refractivity contribution in [3.8, 4) is 0 Å². The van der Waals surface area contributed by atoms with Gasteiger partial charge in [-0.1, -0.05) is 30.7 Å². The van der Waals surface area contributed by atoms with Gasteiger partial charge in [0.15, 0.2) is 5.11 Å². The molecule has 2 N–H and O–H groups in total. The number of methoxy groups -OCH3 is 1. The number of thiophene rings is 1. The number of esters is 1. The molecule has 1 aromatic carbocycles. The lowest BCUT2D eigenvalue weighted by atomic mass is 9.88. The van der Waals surface area contributed by atoms with E-state index < -0.39 is 0 Å². The van der Waals surface area contributed by atoms with Crippen LogP contribution in [0.15, 0.2) is 36.7 Å². The van der Waals surface area contributed by atoms with Crippen molar-refractivity contribution in [2.45, 2.75) is 32.7 Å². The molecular formula is C22H23ClN4O2S2. The number of anilines is 2. The number of carbonyl (C=O) groups excluding carboxylic acids is 1. The van der Waals surface area contributed by atoms with Gasteiger partial charge in [0.2, 0.25) is 0 Å². The van der Waals surface area contributed by atoms with E-state index in [1.54, 1.807) is 28.4 Å². The van der Waals surface area contributed by atoms with Crippen LogP contribution >= 0.6 is 35.2 Å². The van der Waals surface area contributed by atoms with Gasteiger partial charge >= 0.3 is 5.97 Å². The van der Waals surface area contributed by atoms with Crippen molar-refractivity contribution in [1.29, 1.82) is 0 Å². The fourth-order valence-corrected chi connectivity index (χ4v) is 5.63. The average Bonchev–Trinajstić information content (AvgIpc) is 3.29. The van der Waals surface area contributed by atoms with Gasteiger partial charge in [0.05, 0.1) is 30.4 Å². The summed E-state index contributed by atoms with van der Waals surface area (Å²) < 4.78 is 6.82. The number of nitrogens with one attached hydrogen (secondary N) is 2. The van der Waals surface area contributed by atoms with Crippen molar-refractivity contribution in [3.05, 3.63) is 63.2 Å². The number of thiocarbonyl (C=S) groups is 1. The van der Waals surface area contributed by atoms with Crippen LogP contribution in [0.5, 0.6) is 0 Å². The van der Waals surface area contributed by atoms with E-state index in [0.29, 0.717) is 28.2 Å². The summed E-state index contributed by atoms with van der Waals surface area (Å²) in [5.74, 6) is 0.291. The summed E-state index contributed by atoms with van der Waals surface area (Å²) >= 11 is 13.1. The Morgan fingerprint density at radius 1 is 1.42 bits per heavy atom. The minimum Gasteiger partial charge on any atom is -0.465 e. The lowest BCUT2D eigenvalue weighted by molar-refractivity contribution is 0.0601. The molecule has 0 spiro atoms. The maximum absolute atomic E-state index is 12.5. The standard InChI is InChI=1S/C22H23ClN4O2S2/c1-13-6-7-17-18(8-13)31-20(19(17)21(28)29-2)26-22(30)25-16-5-3-4-14(9-16)11-27-12-15(23)10-24-27/h3-5,9-10,12-13H,6-8,11H2,1-2H3,(H2,25,26,30). The molecule has 2 heterocycles. The molecule has 0 amide bonds. The van der Waals surface area contributed by atoms with Crippen molar-refractivity contribution >= 4 is 56.9 Å². The zero-order chi connectivity index (χ0) is 22.0. The summed E-state index contributed by atoms with van der Waals surface area (Å²) in [4.78, 5) is 13.7. The van der Waals surface area contributed by atoms with E-state index >= 15 is 0 Å². The summed E-state index contributed by atoms with van der Waals surface area (Å²) in [7, 11) is 1.41. The average molecular weight is 475 g/mol. The highest BCUT2D eigenvalue weighted by molar-refractivity contribution is 7.80. The highest BCUT2D eigenvalue weighted by Crippen LogP contribution is 2.40. The molecule has 9 heteroatoms. The minimum absolute atomic E-state index is 0.322. The number of nitrogens with zero attached hydrogens (tertiary/aromatic N) is 2. The first kappa shape index (κ1) is 21.8. The second kappa shape index (κ2) is 9.38. The Labute approximate surface area is 195 Å². The third-order valence-corrected chi connectivity index (χ3v) is 6.83. The van der Waals surface area contributed by atoms with E-state index in [1.807, 2.05) is 24.3 Å². The first-order chi connectivity index (χ1) is 14.9. The molecule has 3 aromatic rings. The van der Waals surface area contributed by atoms with Crippen molar-refractivity contribution in [2.75, 3.05) is 17.7 Å². The smallest absolute Gasteiger partial charge is 0.341 e. The van der Waals surface area contributed by atoms with Gasteiger partial charge in [0.1, 0.15) is 5.00 Å². The van der Waals surface area contributed by atoms with Crippen LogP contribution in [-0.4, -0.2) is 28.0 Å². The Kier molecular flexibility index (Phi) is 6.60. The fraction of sp³-hybridized carbons (Fsp3) is 0.318. The third-order valence-electron chi connectivity index (χ3n) is 5.26. The van der Waals surface area contributed by atoms with Gasteiger partial charge in [0, 0.05) is 16.8 Å². The summed E-state index contributed by atoms with van der Waals surface area (Å²) in [6.07, 6.45) is 6.33. The number of aromatic nitrogens is 2. The van der Waals surface area contributed by atoms with E-state index in [-0.39, 0.29) is 5.97 Å². The van der Waals surface area contributed by atoms with Crippen LogP contribution in [0.3, 0.4) is 0 Å². The molecule has 0 aliphatic heterocycles. The first-order valence-electron chi connectivity index (χ1n) is 10.0. The van der Waals surface area contributed by atoms with Gasteiger partial charge in [-0.05, 0) is 60.7 Å². The Hall–Kier alpha value is -2.42. The highest BCUT2D eigenvalue weighted by Gasteiger charge is 2.28. The molecule has 6 nitrogen and oxygen atoms in total. The molecule has 1 atom stereocenters. The third kappa shape index (κ3) is 5.08. The molecule has 2 aromatic heterocycles. The minimum atomic E-state index is -0.322. The van der Waals surface area contributed by atoms with Crippen LogP contribution in [0.2, 0.25) is 5.02 Å². The van der Waals surface area contributed by atoms with Crippen molar-refractivity contribution in [2.24, 2.45) is 5.92 Å². The van der Waals surface area contributed by atoms with E-state index in [4.69, 9.17) is 28.6 Å². The highest BCUT2D eigenvalue weighted by atomic mass is 35.5. The van der Waals surface area contributed by atoms with Crippen LogP contribution in [-0.2, 0) is 24.1 Å². The molecule has 0 saturated heterocycles. The normalized spacial score (nSPS) is 15.3. The molecule has 1 aliphatic carbocycles. The summed E-state index contributed by atoms with van der Waals surface area (Å²) in [6, 6.07) is 7.92. The van der Waals surface area contributed by atoms with Gasteiger partial charge in [-0.2, -0.15) is 5.10 Å². The van der Waals surface area contributed by atoms with E-state index in [2.05, 4.69) is 22.7 Å². The maximum atomic E-state index is 12.5. The van der Waals surface area contributed by atoms with Crippen LogP contribution in [0.4, 0.5) is 10.7 Å². The predicted molar refractivity (Wildman–Crippen MR) is 129 cm³/mol. The topological polar surface area (TPSA) is 68.2 Å². The Morgan fingerprint density at radius 3 is 3.00 bits per heavy atom. The molecule has 4 rings (SSSR count). The molecule has 0 radical (unpaired) electrons. The van der Waals surface area contributed by atoms with Crippen LogP contribution < -0.4 is 10.6 Å². The SMILES string of the molecule is COC(=O)c1c(NC(=S)Nc2cccc(Cn3cc(Cl)cn3)c2)sc2c1CCC(C)C2. The number of ether oxygens (including phenoxy) is 1. The first-order valence-corrected chi connectivity index (χ1v) is 11.6. The van der Waals surface area contributed by atoms with Crippen molar-refractivity contribution in [1.82, 2.24) is 9.78 Å². The molecule has 1 unspecified atom stereocenters. The Morgan fingerprint density at radius 2 is 2.26 bits per heavy atom. The van der Waals surface area contributed by atoms with Gasteiger partial charge in [-0.25, -0.2) is 4.79 Å². The number of halogens is 1. The van der Waals surface area contributed by atoms with E-state index in [9.17, 15) is 4.79 Å². The van der Waals surface area contributed by atoms with Gasteiger partial charge in [0.25, 0.3) is 0 Å². The molecule has 162 valence electrons. The summed E-state index contributed by atoms with van der Waals surface area (Å²) in [5.41, 5.74) is 3.62. The second-order valence-corrected chi connectivity index (χ2v) is 9.63. The van der Waals surface area contributed by atoms with E-state index in [1.165, 1.54) is 12.0 Å². The zero-order valence-corrected chi connectivity index (χ0v) is 19.7. The largest absolute Gasteiger partial charge is 0.465 e. The van der Waals surface area contributed by atoms with Crippen LogP contribution in [0.1, 0.15) is 39.7 Å². The van der Waals surface area contributed by atoms with Crippen LogP contribution in [0.25, 0.3) is 0 Å². The fourth-order valence-electron chi connectivity index (χ4n) is 3.78. The van der Waals surface area contributed by atoms with Gasteiger partial charge in [-0.3, -0.25) is 4.68 Å². The van der Waals surface area contributed by atoms with Gasteiger partial charge < -0.3 is 15.4 Å². The zero-order valence-electron chi connectivity index (χ0n) is 17.3. The summed E-state index contributed by atoms with van der Waals surface area (Å²) in [6.45, 7) is 2.84. The number of benzene rings is 1. The van der Waals surface area contributed by atoms with Crippen molar-refractivity contribution < 1.29 is 9.53 Å². The lowest BCUT2D eigenvalue weighted by Crippen LogP contribution is -2.20. The quantitative estimate of drug-likeness (QED) is 0.383. The molecule has 0 fully saturated rings. The molecule has 1 aliphatic rings. The predicted octanol–water partition coefficient (Wildman–Crippen LogP) is 5.37. The molecule has 0 saturated carbocycles. The molecule has 0 bridgehead atoms. The molecule has 31 heavy (non-hydrogen) atoms. The Balaban J connectivity index is 1.49. The number of hydrogen-bond acceptors (Lipinski definition) is 5. The monoisotopic (exact) mass is 474 g/mol.